The lowest BCUT2D eigenvalue weighted by atomic mass is 10.1. The Labute approximate surface area is 177 Å². The minimum atomic E-state index is -0.520. The van der Waals surface area contributed by atoms with Gasteiger partial charge in [-0.15, -0.1) is 0 Å². The number of piperazine rings is 1. The second-order valence-corrected chi connectivity index (χ2v) is 9.19. The van der Waals surface area contributed by atoms with Gasteiger partial charge in [0.15, 0.2) is 0 Å². The average molecular weight is 482 g/mol. The summed E-state index contributed by atoms with van der Waals surface area (Å²) in [5.74, 6) is 1.13. The zero-order valence-electron chi connectivity index (χ0n) is 15.8. The highest BCUT2D eigenvalue weighted by Gasteiger charge is 2.36. The van der Waals surface area contributed by atoms with E-state index >= 15 is 0 Å². The number of hydrogen-bond acceptors (Lipinski definition) is 5. The number of rotatable bonds is 1. The second kappa shape index (κ2) is 7.85. The molecule has 0 saturated carbocycles. The van der Waals surface area contributed by atoms with E-state index in [9.17, 15) is 4.79 Å². The van der Waals surface area contributed by atoms with E-state index in [0.29, 0.717) is 58.8 Å². The first-order valence-corrected chi connectivity index (χ1v) is 10.3. The first kappa shape index (κ1) is 20.8. The topological polar surface area (TPSA) is 51.2 Å². The first-order valence-electron chi connectivity index (χ1n) is 8.70. The number of hydrogen-bond donors (Lipinski definition) is 0. The van der Waals surface area contributed by atoms with Gasteiger partial charge in [0.1, 0.15) is 23.7 Å². The van der Waals surface area contributed by atoms with Gasteiger partial charge in [0.25, 0.3) is 0 Å². The predicted octanol–water partition coefficient (Wildman–Crippen LogP) is 4.58. The van der Waals surface area contributed by atoms with Crippen molar-refractivity contribution in [3.05, 3.63) is 20.1 Å². The fraction of sp³-hybridized carbons (Fsp3) is 0.611. The van der Waals surface area contributed by atoms with Crippen molar-refractivity contribution in [2.24, 2.45) is 0 Å². The van der Waals surface area contributed by atoms with E-state index in [-0.39, 0.29) is 12.1 Å². The summed E-state index contributed by atoms with van der Waals surface area (Å²) in [5.41, 5.74) is 0.304. The summed E-state index contributed by atoms with van der Waals surface area (Å²) >= 11 is 16.2. The van der Waals surface area contributed by atoms with Crippen molar-refractivity contribution in [2.45, 2.75) is 39.0 Å². The SMILES string of the molecule is COc1c(Cl)c(Br)c(Cl)c2c1CN1CCN(C(=O)OC(C)(C)C)C[C@@H]1CO2. The van der Waals surface area contributed by atoms with Crippen LogP contribution in [0.5, 0.6) is 11.5 Å². The molecule has 9 heteroatoms. The molecular formula is C18H23BrCl2N2O4. The van der Waals surface area contributed by atoms with Crippen LogP contribution in [0.1, 0.15) is 26.3 Å². The maximum absolute atomic E-state index is 12.4. The summed E-state index contributed by atoms with van der Waals surface area (Å²) in [7, 11) is 1.57. The molecule has 150 valence electrons. The summed E-state index contributed by atoms with van der Waals surface area (Å²) < 4.78 is 17.6. The first-order chi connectivity index (χ1) is 12.6. The van der Waals surface area contributed by atoms with Crippen LogP contribution in [0.25, 0.3) is 0 Å². The molecule has 0 aromatic heterocycles. The molecule has 1 aromatic rings. The Morgan fingerprint density at radius 2 is 1.96 bits per heavy atom. The van der Waals surface area contributed by atoms with Crippen molar-refractivity contribution in [2.75, 3.05) is 33.4 Å². The number of methoxy groups -OCH3 is 1. The normalized spacial score (nSPS) is 20.3. The number of carbonyl (C=O) groups excluding carboxylic acids is 1. The third-order valence-electron chi connectivity index (χ3n) is 4.57. The molecule has 2 heterocycles. The highest BCUT2D eigenvalue weighted by atomic mass is 79.9. The van der Waals surface area contributed by atoms with Crippen LogP contribution in [0.2, 0.25) is 10.0 Å². The molecular weight excluding hydrogens is 459 g/mol. The molecule has 27 heavy (non-hydrogen) atoms. The van der Waals surface area contributed by atoms with Crippen LogP contribution in [0.4, 0.5) is 4.79 Å². The van der Waals surface area contributed by atoms with Crippen molar-refractivity contribution in [1.82, 2.24) is 9.80 Å². The molecule has 6 nitrogen and oxygen atoms in total. The molecule has 1 saturated heterocycles. The Bertz CT molecular complexity index is 754. The Hall–Kier alpha value is -0.890. The van der Waals surface area contributed by atoms with Gasteiger partial charge in [0.2, 0.25) is 0 Å². The minimum absolute atomic E-state index is 0.0250. The Balaban J connectivity index is 1.83. The molecule has 0 aliphatic carbocycles. The van der Waals surface area contributed by atoms with Gasteiger partial charge in [-0.2, -0.15) is 0 Å². The van der Waals surface area contributed by atoms with Crippen molar-refractivity contribution >= 4 is 45.2 Å². The van der Waals surface area contributed by atoms with Gasteiger partial charge < -0.3 is 19.1 Å². The van der Waals surface area contributed by atoms with Gasteiger partial charge in [-0.25, -0.2) is 4.79 Å². The molecule has 1 atom stereocenters. The monoisotopic (exact) mass is 480 g/mol. The zero-order chi connectivity index (χ0) is 19.9. The Morgan fingerprint density at radius 1 is 1.26 bits per heavy atom. The summed E-state index contributed by atoms with van der Waals surface area (Å²) in [6, 6.07) is 0.0250. The maximum Gasteiger partial charge on any atom is 0.410 e. The number of halogens is 3. The van der Waals surface area contributed by atoms with Gasteiger partial charge in [-0.1, -0.05) is 23.2 Å². The number of benzene rings is 1. The highest BCUT2D eigenvalue weighted by Crippen LogP contribution is 2.49. The maximum atomic E-state index is 12.4. The molecule has 2 aliphatic rings. The van der Waals surface area contributed by atoms with Crippen LogP contribution in [0.15, 0.2) is 4.47 Å². The summed E-state index contributed by atoms with van der Waals surface area (Å²) in [6.07, 6.45) is -0.301. The highest BCUT2D eigenvalue weighted by molar-refractivity contribution is 9.10. The van der Waals surface area contributed by atoms with Crippen molar-refractivity contribution in [3.63, 3.8) is 0 Å². The Morgan fingerprint density at radius 3 is 2.59 bits per heavy atom. The van der Waals surface area contributed by atoms with Crippen molar-refractivity contribution in [1.29, 1.82) is 0 Å². The number of ether oxygens (including phenoxy) is 3. The summed E-state index contributed by atoms with van der Waals surface area (Å²) in [6.45, 7) is 8.38. The smallest absolute Gasteiger partial charge is 0.410 e. The minimum Gasteiger partial charge on any atom is -0.495 e. The van der Waals surface area contributed by atoms with Crippen LogP contribution in [0.3, 0.4) is 0 Å². The molecule has 2 aliphatic heterocycles. The number of carbonyl (C=O) groups is 1. The number of nitrogens with zero attached hydrogens (tertiary/aromatic N) is 2. The number of amides is 1. The largest absolute Gasteiger partial charge is 0.495 e. The van der Waals surface area contributed by atoms with Crippen molar-refractivity contribution < 1.29 is 19.0 Å². The van der Waals surface area contributed by atoms with Gasteiger partial charge in [0, 0.05) is 26.2 Å². The number of fused-ring (bicyclic) bond motifs is 2. The lowest BCUT2D eigenvalue weighted by Crippen LogP contribution is -2.56. The molecule has 0 N–H and O–H groups in total. The fourth-order valence-electron chi connectivity index (χ4n) is 3.30. The molecule has 3 rings (SSSR count). The van der Waals surface area contributed by atoms with Crippen LogP contribution in [0, 0.1) is 0 Å². The van der Waals surface area contributed by atoms with Gasteiger partial charge in [-0.05, 0) is 36.7 Å². The quantitative estimate of drug-likeness (QED) is 0.549. The van der Waals surface area contributed by atoms with Crippen LogP contribution in [-0.4, -0.2) is 60.9 Å². The Kier molecular flexibility index (Phi) is 6.06. The van der Waals surface area contributed by atoms with E-state index < -0.39 is 5.60 Å². The molecule has 1 aromatic carbocycles. The van der Waals surface area contributed by atoms with E-state index in [1.54, 1.807) is 12.0 Å². The molecule has 0 radical (unpaired) electrons. The van der Waals surface area contributed by atoms with E-state index in [2.05, 4.69) is 20.8 Å². The summed E-state index contributed by atoms with van der Waals surface area (Å²) in [4.78, 5) is 16.4. The van der Waals surface area contributed by atoms with E-state index in [0.717, 1.165) is 5.56 Å². The van der Waals surface area contributed by atoms with Crippen molar-refractivity contribution in [3.8, 4) is 11.5 Å². The van der Waals surface area contributed by atoms with Gasteiger partial charge in [-0.3, -0.25) is 4.90 Å². The van der Waals surface area contributed by atoms with E-state index in [4.69, 9.17) is 37.4 Å². The molecule has 1 amide bonds. The molecule has 0 bridgehead atoms. The second-order valence-electron chi connectivity index (χ2n) is 7.64. The summed E-state index contributed by atoms with van der Waals surface area (Å²) in [5, 5.41) is 0.857. The lowest BCUT2D eigenvalue weighted by Gasteiger charge is -2.40. The fourth-order valence-corrected chi connectivity index (χ4v) is 4.26. The third kappa shape index (κ3) is 4.26. The van der Waals surface area contributed by atoms with Gasteiger partial charge >= 0.3 is 6.09 Å². The zero-order valence-corrected chi connectivity index (χ0v) is 18.9. The molecule has 0 unspecified atom stereocenters. The standard InChI is InChI=1S/C18H23BrCl2N2O4/c1-18(2,3)27-17(24)23-6-5-22-8-11-15(25-4)13(20)12(19)14(21)16(11)26-9-10(22)7-23/h10H,5-9H2,1-4H3/t10-/m1/s1. The molecule has 1 fully saturated rings. The average Bonchev–Trinajstić information content (AvgIpc) is 2.78. The van der Waals surface area contributed by atoms with Gasteiger partial charge in [0.05, 0.1) is 33.2 Å². The lowest BCUT2D eigenvalue weighted by molar-refractivity contribution is -0.00160. The molecule has 0 spiro atoms. The van der Waals surface area contributed by atoms with E-state index in [1.807, 2.05) is 20.8 Å². The van der Waals surface area contributed by atoms with Crippen LogP contribution < -0.4 is 9.47 Å². The van der Waals surface area contributed by atoms with Crippen LogP contribution in [-0.2, 0) is 11.3 Å². The third-order valence-corrected chi connectivity index (χ3v) is 6.54. The van der Waals surface area contributed by atoms with E-state index in [1.165, 1.54) is 0 Å². The van der Waals surface area contributed by atoms with Crippen LogP contribution >= 0.6 is 39.1 Å². The predicted molar refractivity (Wildman–Crippen MR) is 108 cm³/mol.